The molecule has 3 aromatic rings. The number of aromatic nitrogens is 1. The van der Waals surface area contributed by atoms with E-state index in [1.165, 1.54) is 11.3 Å². The Morgan fingerprint density at radius 1 is 0.873 bits per heavy atom. The van der Waals surface area contributed by atoms with Gasteiger partial charge in [0, 0.05) is 85.0 Å². The van der Waals surface area contributed by atoms with Gasteiger partial charge in [-0.3, -0.25) is 19.3 Å². The topological polar surface area (TPSA) is 163 Å². The maximum absolute atomic E-state index is 14.1. The highest BCUT2D eigenvalue weighted by Gasteiger charge is 2.41. The van der Waals surface area contributed by atoms with Gasteiger partial charge in [0.25, 0.3) is 0 Å². The van der Waals surface area contributed by atoms with E-state index in [1.54, 1.807) is 6.07 Å². The number of hydrogen-bond donors (Lipinski definition) is 2. The summed E-state index contributed by atoms with van der Waals surface area (Å²) in [5.74, 6) is -0.198. The summed E-state index contributed by atoms with van der Waals surface area (Å²) in [6, 6.07) is 12.6. The van der Waals surface area contributed by atoms with Crippen LogP contribution >= 0.6 is 0 Å². The normalized spacial score (nSPS) is 17.3. The van der Waals surface area contributed by atoms with Crippen LogP contribution in [0.4, 0.5) is 5.69 Å². The van der Waals surface area contributed by atoms with Crippen molar-refractivity contribution in [1.29, 1.82) is 5.26 Å². The Bertz CT molecular complexity index is 1870. The Hall–Kier alpha value is -4.32. The van der Waals surface area contributed by atoms with Crippen LogP contribution in [0.1, 0.15) is 84.8 Å². The molecule has 296 valence electrons. The van der Waals surface area contributed by atoms with Gasteiger partial charge in [0.05, 0.1) is 76.5 Å². The highest BCUT2D eigenvalue weighted by molar-refractivity contribution is 6.20. The third-order valence-electron chi connectivity index (χ3n) is 11.4. The Morgan fingerprint density at radius 3 is 2.09 bits per heavy atom. The SMILES string of the molecule is CCc1cc2c(cc1N1CCC(N3CCN(C(=O)CCOCCOCCOCCOCCC(N)=O)CC3)CC1)C(C)(C)c1[nH]c3cc(C#N)ccc3c1C2=O. The number of rotatable bonds is 18. The predicted molar refractivity (Wildman–Crippen MR) is 209 cm³/mol. The van der Waals surface area contributed by atoms with Gasteiger partial charge in [-0.1, -0.05) is 26.8 Å². The lowest BCUT2D eigenvalue weighted by molar-refractivity contribution is -0.134. The second-order valence-corrected chi connectivity index (χ2v) is 15.1. The molecule has 13 nitrogen and oxygen atoms in total. The lowest BCUT2D eigenvalue weighted by atomic mass is 9.70. The van der Waals surface area contributed by atoms with E-state index in [0.717, 1.165) is 91.8 Å². The zero-order valence-electron chi connectivity index (χ0n) is 32.6. The number of anilines is 1. The molecule has 6 rings (SSSR count). The van der Waals surface area contributed by atoms with Crippen molar-refractivity contribution >= 4 is 34.2 Å². The lowest BCUT2D eigenvalue weighted by Gasteiger charge is -2.44. The Kier molecular flexibility index (Phi) is 13.6. The van der Waals surface area contributed by atoms with Crippen LogP contribution in [0, 0.1) is 11.3 Å². The van der Waals surface area contributed by atoms with E-state index in [2.05, 4.69) is 53.8 Å². The van der Waals surface area contributed by atoms with Gasteiger partial charge in [0.2, 0.25) is 11.8 Å². The summed E-state index contributed by atoms with van der Waals surface area (Å²) in [7, 11) is 0. The molecule has 0 unspecified atom stereocenters. The second-order valence-electron chi connectivity index (χ2n) is 15.1. The van der Waals surface area contributed by atoms with Crippen molar-refractivity contribution < 1.29 is 33.3 Å². The molecule has 0 saturated carbocycles. The number of nitrogens with one attached hydrogen (secondary N) is 1. The quantitative estimate of drug-likeness (QED) is 0.182. The number of primary amides is 1. The molecule has 0 radical (unpaired) electrons. The van der Waals surface area contributed by atoms with Gasteiger partial charge in [-0.05, 0) is 54.7 Å². The van der Waals surface area contributed by atoms with E-state index in [-0.39, 0.29) is 24.0 Å². The number of ether oxygens (including phenoxy) is 4. The third kappa shape index (κ3) is 9.39. The molecule has 0 atom stereocenters. The van der Waals surface area contributed by atoms with Crippen molar-refractivity contribution in [2.75, 3.05) is 97.0 Å². The number of benzene rings is 2. The van der Waals surface area contributed by atoms with Gasteiger partial charge in [-0.15, -0.1) is 0 Å². The molecular formula is C42H56N6O7. The molecule has 2 saturated heterocycles. The first-order valence-electron chi connectivity index (χ1n) is 19.8. The van der Waals surface area contributed by atoms with Crippen LogP contribution in [0.3, 0.4) is 0 Å². The summed E-state index contributed by atoms with van der Waals surface area (Å²) in [5.41, 5.74) is 11.9. The first-order valence-corrected chi connectivity index (χ1v) is 19.8. The van der Waals surface area contributed by atoms with Crippen LogP contribution < -0.4 is 10.6 Å². The van der Waals surface area contributed by atoms with Crippen LogP contribution in [0.15, 0.2) is 30.3 Å². The number of fused-ring (bicyclic) bond motifs is 4. The molecule has 3 N–H and O–H groups in total. The highest BCUT2D eigenvalue weighted by Crippen LogP contribution is 2.46. The fourth-order valence-corrected chi connectivity index (χ4v) is 8.22. The molecule has 3 aliphatic rings. The molecular weight excluding hydrogens is 700 g/mol. The molecule has 3 heterocycles. The van der Waals surface area contributed by atoms with Crippen molar-refractivity contribution in [3.05, 3.63) is 63.8 Å². The zero-order valence-corrected chi connectivity index (χ0v) is 32.6. The number of carbonyl (C=O) groups is 3. The van der Waals surface area contributed by atoms with Crippen molar-refractivity contribution in [2.24, 2.45) is 5.73 Å². The first-order chi connectivity index (χ1) is 26.6. The molecule has 2 amide bonds. The van der Waals surface area contributed by atoms with E-state index in [9.17, 15) is 19.6 Å². The number of carbonyl (C=O) groups excluding carboxylic acids is 3. The summed E-state index contributed by atoms with van der Waals surface area (Å²) < 4.78 is 21.8. The van der Waals surface area contributed by atoms with Crippen LogP contribution in [0.25, 0.3) is 10.9 Å². The largest absolute Gasteiger partial charge is 0.379 e. The highest BCUT2D eigenvalue weighted by atomic mass is 16.6. The van der Waals surface area contributed by atoms with E-state index in [4.69, 9.17) is 24.7 Å². The fourth-order valence-electron chi connectivity index (χ4n) is 8.22. The van der Waals surface area contributed by atoms with E-state index in [1.807, 2.05) is 17.0 Å². The van der Waals surface area contributed by atoms with Crippen LogP contribution in [0.5, 0.6) is 0 Å². The number of amides is 2. The summed E-state index contributed by atoms with van der Waals surface area (Å²) in [6.07, 6.45) is 3.52. The van der Waals surface area contributed by atoms with Gasteiger partial charge < -0.3 is 39.5 Å². The standard InChI is InChI=1S/C42H56N6O7/c1-4-30-26-33-34(42(2,3)41-39(40(33)51)32-6-5-29(28-43)25-35(32)45-41)27-36(30)47-11-7-31(8-12-47)46-13-15-48(16-14-46)38(50)10-18-53-20-22-55-24-23-54-21-19-52-17-9-37(44)49/h5-6,25-27,31,45H,4,7-24H2,1-3H3,(H2,44,49). The number of piperazine rings is 1. The van der Waals surface area contributed by atoms with Crippen LogP contribution in [0.2, 0.25) is 0 Å². The van der Waals surface area contributed by atoms with E-state index < -0.39 is 5.41 Å². The second kappa shape index (κ2) is 18.5. The number of aryl methyl sites for hydroxylation is 1. The molecule has 0 bridgehead atoms. The third-order valence-corrected chi connectivity index (χ3v) is 11.4. The molecule has 0 spiro atoms. The number of hydrogen-bond acceptors (Lipinski definition) is 10. The molecule has 2 aromatic carbocycles. The van der Waals surface area contributed by atoms with Gasteiger partial charge in [-0.25, -0.2) is 0 Å². The smallest absolute Gasteiger partial charge is 0.224 e. The number of nitrogens with two attached hydrogens (primary N) is 1. The number of nitriles is 1. The lowest BCUT2D eigenvalue weighted by Crippen LogP contribution is -2.54. The maximum Gasteiger partial charge on any atom is 0.224 e. The maximum atomic E-state index is 14.1. The minimum Gasteiger partial charge on any atom is -0.379 e. The molecule has 2 aliphatic heterocycles. The molecule has 13 heteroatoms. The van der Waals surface area contributed by atoms with Crippen LogP contribution in [-0.4, -0.2) is 131 Å². The van der Waals surface area contributed by atoms with Gasteiger partial charge in [0.1, 0.15) is 0 Å². The molecule has 2 fully saturated rings. The average Bonchev–Trinajstić information content (AvgIpc) is 3.60. The summed E-state index contributed by atoms with van der Waals surface area (Å²) >= 11 is 0. The van der Waals surface area contributed by atoms with E-state index in [0.29, 0.717) is 70.9 Å². The summed E-state index contributed by atoms with van der Waals surface area (Å²) in [5, 5.41) is 10.3. The Morgan fingerprint density at radius 2 is 1.49 bits per heavy atom. The van der Waals surface area contributed by atoms with Gasteiger partial charge in [0.15, 0.2) is 5.78 Å². The first kappa shape index (κ1) is 40.3. The van der Waals surface area contributed by atoms with Gasteiger partial charge >= 0.3 is 0 Å². The van der Waals surface area contributed by atoms with Crippen molar-refractivity contribution in [3.8, 4) is 6.07 Å². The van der Waals surface area contributed by atoms with Crippen molar-refractivity contribution in [1.82, 2.24) is 14.8 Å². The minimum atomic E-state index is -0.412. The van der Waals surface area contributed by atoms with E-state index >= 15 is 0 Å². The number of nitrogens with zero attached hydrogens (tertiary/aromatic N) is 4. The number of H-pyrrole nitrogens is 1. The van der Waals surface area contributed by atoms with Crippen molar-refractivity contribution in [3.63, 3.8) is 0 Å². The minimum absolute atomic E-state index is 0.0493. The monoisotopic (exact) mass is 756 g/mol. The molecule has 1 aromatic heterocycles. The Balaban J connectivity index is 0.917. The summed E-state index contributed by atoms with van der Waals surface area (Å²) in [6.45, 7) is 14.9. The number of piperidine rings is 1. The zero-order chi connectivity index (χ0) is 39.0. The molecule has 1 aliphatic carbocycles. The summed E-state index contributed by atoms with van der Waals surface area (Å²) in [4.78, 5) is 48.2. The molecule has 55 heavy (non-hydrogen) atoms. The van der Waals surface area contributed by atoms with Crippen LogP contribution in [-0.2, 0) is 40.4 Å². The number of aromatic amines is 1. The van der Waals surface area contributed by atoms with Gasteiger partial charge in [-0.2, -0.15) is 5.26 Å². The Labute approximate surface area is 324 Å². The fraction of sp³-hybridized carbons (Fsp3) is 0.571. The predicted octanol–water partition coefficient (Wildman–Crippen LogP) is 3.92. The number of ketones is 1. The average molecular weight is 757 g/mol. The van der Waals surface area contributed by atoms with Crippen molar-refractivity contribution in [2.45, 2.75) is 64.3 Å².